The number of nitrogens with two attached hydrogens (primary N) is 2. The maximum absolute atomic E-state index is 9.81. The Morgan fingerprint density at radius 1 is 0.842 bits per heavy atom. The molecule has 0 aliphatic heterocycles. The van der Waals surface area contributed by atoms with Crippen molar-refractivity contribution in [3.8, 4) is 0 Å². The molecule has 0 saturated heterocycles. The molecule has 0 amide bonds. The Kier molecular flexibility index (Phi) is 41.5. The van der Waals surface area contributed by atoms with Crippen molar-refractivity contribution in [3.05, 3.63) is 0 Å². The Balaban J connectivity index is -0.0000000627. The molecule has 0 atom stereocenters. The fraction of sp³-hybridized carbons (Fsp3) is 0.769. The summed E-state index contributed by atoms with van der Waals surface area (Å²) in [5.74, 6) is 8.25. The first kappa shape index (κ1) is 30.7. The molecule has 0 heterocycles. The number of hydrogen-bond acceptors (Lipinski definition) is 5. The molecule has 19 heavy (non-hydrogen) atoms. The van der Waals surface area contributed by atoms with Gasteiger partial charge in [0.05, 0.1) is 0 Å². The van der Waals surface area contributed by atoms with E-state index >= 15 is 0 Å². The van der Waals surface area contributed by atoms with Gasteiger partial charge in [-0.1, -0.05) is 28.2 Å². The zero-order chi connectivity index (χ0) is 14.3. The van der Waals surface area contributed by atoms with Gasteiger partial charge in [0, 0.05) is 17.8 Å². The normalized spacial score (nSPS) is 9.68. The fourth-order valence-corrected chi connectivity index (χ4v) is 0.312. The van der Waals surface area contributed by atoms with Crippen molar-refractivity contribution in [2.45, 2.75) is 68.2 Å². The predicted octanol–water partition coefficient (Wildman–Crippen LogP) is 2.26. The van der Waals surface area contributed by atoms with Crippen LogP contribution in [0, 0.1) is 0 Å². The molecule has 0 saturated carbocycles. The maximum Gasteiger partial charge on any atom is 0.129 e. The lowest BCUT2D eigenvalue weighted by Gasteiger charge is -1.91. The molecule has 6 N–H and O–H groups in total. The second kappa shape index (κ2) is 25.7. The summed E-state index contributed by atoms with van der Waals surface area (Å²) in [6, 6.07) is 0. The molecule has 0 aromatic carbocycles. The lowest BCUT2D eigenvalue weighted by Crippen LogP contribution is -2.02. The van der Waals surface area contributed by atoms with Crippen LogP contribution in [0.5, 0.6) is 0 Å². The zero-order valence-electron chi connectivity index (χ0n) is 12.6. The second-order valence-corrected chi connectivity index (χ2v) is 3.43. The Morgan fingerprint density at radius 2 is 1.05 bits per heavy atom. The maximum atomic E-state index is 9.81. The van der Waals surface area contributed by atoms with E-state index in [0.717, 1.165) is 24.3 Å². The summed E-state index contributed by atoms with van der Waals surface area (Å²) in [5.41, 5.74) is 2.18. The van der Waals surface area contributed by atoms with E-state index in [1.165, 1.54) is 0 Å². The van der Waals surface area contributed by atoms with E-state index in [1.807, 2.05) is 20.8 Å². The Morgan fingerprint density at radius 3 is 1.16 bits per heavy atom. The third-order valence-electron chi connectivity index (χ3n) is 1.91. The van der Waals surface area contributed by atoms with Crippen LogP contribution in [-0.2, 0) is 4.79 Å². The van der Waals surface area contributed by atoms with Crippen molar-refractivity contribution < 1.29 is 10.3 Å². The number of rotatable bonds is 4. The highest BCUT2D eigenvalue weighted by Gasteiger charge is 1.84. The predicted molar refractivity (Wildman–Crippen MR) is 86.5 cm³/mol. The van der Waals surface area contributed by atoms with Gasteiger partial charge in [0.2, 0.25) is 0 Å². The van der Waals surface area contributed by atoms with E-state index < -0.39 is 0 Å². The molecule has 0 fully saturated rings. The van der Waals surface area contributed by atoms with Crippen LogP contribution in [-0.4, -0.2) is 22.7 Å². The Hall–Kier alpha value is -1.11. The molecule has 0 rings (SSSR count). The molecule has 0 bridgehead atoms. The second-order valence-electron chi connectivity index (χ2n) is 3.43. The molecule has 6 heteroatoms. The zero-order valence-corrected chi connectivity index (χ0v) is 12.6. The molecular formula is C13H34N4O2. The summed E-state index contributed by atoms with van der Waals surface area (Å²) in [6.45, 7) is 11.6. The van der Waals surface area contributed by atoms with Crippen LogP contribution in [0.25, 0.3) is 0 Å². The van der Waals surface area contributed by atoms with Gasteiger partial charge in [0.1, 0.15) is 5.78 Å². The third kappa shape index (κ3) is 38.3. The number of hydrazine groups is 1. The Bertz CT molecular complexity index is 221. The third-order valence-corrected chi connectivity index (χ3v) is 1.91. The topological polar surface area (TPSA) is 125 Å². The summed E-state index contributed by atoms with van der Waals surface area (Å²) in [5, 5.41) is 8.04. The summed E-state index contributed by atoms with van der Waals surface area (Å²) in [7, 11) is 0. The molecule has 0 aliphatic carbocycles. The van der Waals surface area contributed by atoms with Gasteiger partial charge >= 0.3 is 0 Å². The van der Waals surface area contributed by atoms with Crippen molar-refractivity contribution in [3.63, 3.8) is 0 Å². The van der Waals surface area contributed by atoms with E-state index in [9.17, 15) is 4.79 Å². The van der Waals surface area contributed by atoms with E-state index in [0.29, 0.717) is 6.42 Å². The molecule has 0 aromatic heterocycles. The fourth-order valence-electron chi connectivity index (χ4n) is 0.312. The first-order chi connectivity index (χ1) is 7.97. The number of ketones is 1. The summed E-state index contributed by atoms with van der Waals surface area (Å²) in [6.07, 6.45) is 2.64. The highest BCUT2D eigenvalue weighted by molar-refractivity contribution is 5.85. The van der Waals surface area contributed by atoms with Gasteiger partial charge in [-0.3, -0.25) is 11.7 Å². The lowest BCUT2D eigenvalue weighted by molar-refractivity contribution is -0.116. The minimum atomic E-state index is 0. The molecule has 0 aliphatic rings. The van der Waals surface area contributed by atoms with Crippen LogP contribution < -0.4 is 11.7 Å². The number of carbonyl (C=O) groups is 1. The largest absolute Gasteiger partial charge is 0.412 e. The van der Waals surface area contributed by atoms with Crippen molar-refractivity contribution in [1.82, 2.24) is 0 Å². The SMILES string of the molecule is C.CCC(C)=NN=C(C)CC.CCC(C)=O.NN.O. The summed E-state index contributed by atoms with van der Waals surface area (Å²) >= 11 is 0. The van der Waals surface area contributed by atoms with Crippen LogP contribution in [0.4, 0.5) is 0 Å². The van der Waals surface area contributed by atoms with Crippen molar-refractivity contribution >= 4 is 17.2 Å². The minimum absolute atomic E-state index is 0. The van der Waals surface area contributed by atoms with Crippen LogP contribution in [0.15, 0.2) is 10.2 Å². The number of hydrogen-bond donors (Lipinski definition) is 2. The van der Waals surface area contributed by atoms with Crippen molar-refractivity contribution in [2.75, 3.05) is 0 Å². The van der Waals surface area contributed by atoms with Gasteiger partial charge in [0.15, 0.2) is 0 Å². The van der Waals surface area contributed by atoms with Gasteiger partial charge in [-0.05, 0) is 33.6 Å². The van der Waals surface area contributed by atoms with Gasteiger partial charge in [0.25, 0.3) is 0 Å². The van der Waals surface area contributed by atoms with E-state index in [2.05, 4.69) is 35.7 Å². The lowest BCUT2D eigenvalue weighted by atomic mass is 10.3. The van der Waals surface area contributed by atoms with E-state index in [4.69, 9.17) is 0 Å². The highest BCUT2D eigenvalue weighted by Crippen LogP contribution is 1.89. The average molecular weight is 278 g/mol. The molecule has 0 radical (unpaired) electrons. The monoisotopic (exact) mass is 278 g/mol. The van der Waals surface area contributed by atoms with Crippen LogP contribution >= 0.6 is 0 Å². The number of carbonyl (C=O) groups excluding carboxylic acids is 1. The molecule has 0 spiro atoms. The molecule has 0 unspecified atom stereocenters. The quantitative estimate of drug-likeness (QED) is 0.465. The molecule has 6 nitrogen and oxygen atoms in total. The van der Waals surface area contributed by atoms with Gasteiger partial charge < -0.3 is 10.3 Å². The van der Waals surface area contributed by atoms with Gasteiger partial charge in [-0.25, -0.2) is 0 Å². The van der Waals surface area contributed by atoms with E-state index in [1.54, 1.807) is 6.92 Å². The van der Waals surface area contributed by atoms with E-state index in [-0.39, 0.29) is 18.7 Å². The molecular weight excluding hydrogens is 244 g/mol. The van der Waals surface area contributed by atoms with Crippen LogP contribution in [0.3, 0.4) is 0 Å². The molecule has 118 valence electrons. The first-order valence-corrected chi connectivity index (χ1v) is 5.87. The minimum Gasteiger partial charge on any atom is -0.412 e. The van der Waals surface area contributed by atoms with Crippen molar-refractivity contribution in [1.29, 1.82) is 0 Å². The Labute approximate surface area is 118 Å². The van der Waals surface area contributed by atoms with Gasteiger partial charge in [-0.15, -0.1) is 0 Å². The van der Waals surface area contributed by atoms with Crippen LogP contribution in [0.2, 0.25) is 0 Å². The van der Waals surface area contributed by atoms with Crippen LogP contribution in [0.1, 0.15) is 68.2 Å². The van der Waals surface area contributed by atoms with Gasteiger partial charge in [-0.2, -0.15) is 10.2 Å². The average Bonchev–Trinajstić information content (AvgIpc) is 2.38. The smallest absolute Gasteiger partial charge is 0.129 e. The summed E-state index contributed by atoms with van der Waals surface area (Å²) < 4.78 is 0. The molecule has 0 aromatic rings. The highest BCUT2D eigenvalue weighted by atomic mass is 16.1. The first-order valence-electron chi connectivity index (χ1n) is 5.87. The van der Waals surface area contributed by atoms with Crippen molar-refractivity contribution in [2.24, 2.45) is 21.9 Å². The standard InChI is InChI=1S/C8H16N2.C4H8O.CH4.H4N2.H2O/c1-5-7(3)9-10-8(4)6-2;1-3-4(2)5;;1-2;/h5-6H2,1-4H3;3H2,1-2H3;1H4;1-2H2;1H2. The summed E-state index contributed by atoms with van der Waals surface area (Å²) in [4.78, 5) is 9.81. The number of nitrogens with zero attached hydrogens (tertiary/aromatic N) is 2. The number of Topliss-reactive ketones (excluding diaryl/α,β-unsaturated/α-hetero) is 1.